The normalized spacial score (nSPS) is 10.7. The lowest BCUT2D eigenvalue weighted by molar-refractivity contribution is 0.112. The van der Waals surface area contributed by atoms with Gasteiger partial charge in [-0.1, -0.05) is 24.3 Å². The Balaban J connectivity index is 2.13. The number of hydrogen-bond acceptors (Lipinski definition) is 1. The van der Waals surface area contributed by atoms with Gasteiger partial charge in [0.1, 0.15) is 5.82 Å². The van der Waals surface area contributed by atoms with Crippen molar-refractivity contribution in [3.63, 3.8) is 0 Å². The lowest BCUT2D eigenvalue weighted by atomic mass is 10.0. The van der Waals surface area contributed by atoms with E-state index in [0.717, 1.165) is 28.3 Å². The van der Waals surface area contributed by atoms with Crippen LogP contribution in [0.15, 0.2) is 48.7 Å². The van der Waals surface area contributed by atoms with E-state index in [0.29, 0.717) is 5.56 Å². The Morgan fingerprint density at radius 2 is 1.72 bits per heavy atom. The maximum absolute atomic E-state index is 12.9. The first kappa shape index (κ1) is 10.7. The van der Waals surface area contributed by atoms with Crippen LogP contribution in [0.5, 0.6) is 0 Å². The summed E-state index contributed by atoms with van der Waals surface area (Å²) in [5, 5.41) is 0.899. The van der Waals surface area contributed by atoms with Gasteiger partial charge in [0.25, 0.3) is 0 Å². The van der Waals surface area contributed by atoms with Crippen LogP contribution in [0.25, 0.3) is 22.0 Å². The molecule has 1 N–H and O–H groups in total. The molecule has 0 aliphatic carbocycles. The van der Waals surface area contributed by atoms with Gasteiger partial charge in [-0.25, -0.2) is 4.39 Å². The zero-order chi connectivity index (χ0) is 12.5. The standard InChI is InChI=1S/C15H10FNO/c16-13-4-1-10(2-5-13)11-3-6-14-12(9-18)8-17-15(14)7-11/h1-9,17H. The van der Waals surface area contributed by atoms with Gasteiger partial charge in [-0.2, -0.15) is 0 Å². The van der Waals surface area contributed by atoms with Crippen LogP contribution in [0.3, 0.4) is 0 Å². The van der Waals surface area contributed by atoms with Gasteiger partial charge in [0.05, 0.1) is 0 Å². The van der Waals surface area contributed by atoms with Crippen LogP contribution >= 0.6 is 0 Å². The number of aromatic nitrogens is 1. The molecule has 0 saturated heterocycles. The molecule has 2 nitrogen and oxygen atoms in total. The Morgan fingerprint density at radius 1 is 1.00 bits per heavy atom. The summed E-state index contributed by atoms with van der Waals surface area (Å²) in [5.74, 6) is -0.247. The van der Waals surface area contributed by atoms with E-state index in [2.05, 4.69) is 4.98 Å². The summed E-state index contributed by atoms with van der Waals surface area (Å²) in [6.07, 6.45) is 2.52. The van der Waals surface area contributed by atoms with Gasteiger partial charge in [0.2, 0.25) is 0 Å². The first-order valence-electron chi connectivity index (χ1n) is 5.60. The van der Waals surface area contributed by atoms with E-state index in [1.807, 2.05) is 18.2 Å². The molecule has 3 rings (SSSR count). The highest BCUT2D eigenvalue weighted by atomic mass is 19.1. The second-order valence-corrected chi connectivity index (χ2v) is 4.13. The third kappa shape index (κ3) is 1.70. The van der Waals surface area contributed by atoms with E-state index in [1.165, 1.54) is 12.1 Å². The molecular weight excluding hydrogens is 229 g/mol. The van der Waals surface area contributed by atoms with E-state index in [1.54, 1.807) is 18.3 Å². The molecule has 18 heavy (non-hydrogen) atoms. The third-order valence-corrected chi connectivity index (χ3v) is 3.02. The number of aldehydes is 1. The molecular formula is C15H10FNO. The van der Waals surface area contributed by atoms with Crippen molar-refractivity contribution in [1.82, 2.24) is 4.98 Å². The SMILES string of the molecule is O=Cc1c[nH]c2cc(-c3ccc(F)cc3)ccc12. The van der Waals surface area contributed by atoms with Crippen LogP contribution < -0.4 is 0 Å². The molecule has 3 aromatic rings. The second-order valence-electron chi connectivity index (χ2n) is 4.13. The average Bonchev–Trinajstić information content (AvgIpc) is 2.81. The highest BCUT2D eigenvalue weighted by Crippen LogP contribution is 2.25. The molecule has 0 fully saturated rings. The number of nitrogens with one attached hydrogen (secondary N) is 1. The monoisotopic (exact) mass is 239 g/mol. The maximum atomic E-state index is 12.9. The number of fused-ring (bicyclic) bond motifs is 1. The van der Waals surface area contributed by atoms with Crippen LogP contribution in [-0.4, -0.2) is 11.3 Å². The molecule has 1 heterocycles. The predicted molar refractivity (Wildman–Crippen MR) is 69.1 cm³/mol. The minimum atomic E-state index is -0.247. The minimum absolute atomic E-state index is 0.247. The fourth-order valence-electron chi connectivity index (χ4n) is 2.07. The Morgan fingerprint density at radius 3 is 2.44 bits per heavy atom. The minimum Gasteiger partial charge on any atom is -0.360 e. The van der Waals surface area contributed by atoms with Crippen molar-refractivity contribution in [2.24, 2.45) is 0 Å². The zero-order valence-electron chi connectivity index (χ0n) is 9.48. The molecule has 0 saturated carbocycles. The summed E-state index contributed by atoms with van der Waals surface area (Å²) < 4.78 is 12.9. The Bertz CT molecular complexity index is 713. The predicted octanol–water partition coefficient (Wildman–Crippen LogP) is 3.79. The van der Waals surface area contributed by atoms with Crippen molar-refractivity contribution in [2.75, 3.05) is 0 Å². The van der Waals surface area contributed by atoms with Gasteiger partial charge in [-0.3, -0.25) is 4.79 Å². The number of carbonyl (C=O) groups is 1. The highest BCUT2D eigenvalue weighted by Gasteiger charge is 2.04. The van der Waals surface area contributed by atoms with Crippen LogP contribution in [0.1, 0.15) is 10.4 Å². The molecule has 0 unspecified atom stereocenters. The summed E-state index contributed by atoms with van der Waals surface area (Å²) in [6, 6.07) is 12.1. The number of hydrogen-bond donors (Lipinski definition) is 1. The van der Waals surface area contributed by atoms with Gasteiger partial charge in [0, 0.05) is 22.7 Å². The largest absolute Gasteiger partial charge is 0.360 e. The maximum Gasteiger partial charge on any atom is 0.152 e. The first-order valence-corrected chi connectivity index (χ1v) is 5.60. The molecule has 0 aliphatic heterocycles. The Kier molecular flexibility index (Phi) is 2.45. The number of halogens is 1. The summed E-state index contributed by atoms with van der Waals surface area (Å²) in [4.78, 5) is 13.9. The molecule has 0 bridgehead atoms. The quantitative estimate of drug-likeness (QED) is 0.678. The molecule has 3 heteroatoms. The lowest BCUT2D eigenvalue weighted by Gasteiger charge is -2.02. The van der Waals surface area contributed by atoms with Gasteiger partial charge >= 0.3 is 0 Å². The molecule has 0 radical (unpaired) electrons. The van der Waals surface area contributed by atoms with Crippen LogP contribution in [0, 0.1) is 5.82 Å². The number of H-pyrrole nitrogens is 1. The summed E-state index contributed by atoms with van der Waals surface area (Å²) in [7, 11) is 0. The fraction of sp³-hybridized carbons (Fsp3) is 0. The van der Waals surface area contributed by atoms with Gasteiger partial charge in [-0.05, 0) is 29.3 Å². The van der Waals surface area contributed by atoms with Gasteiger partial charge < -0.3 is 4.98 Å². The highest BCUT2D eigenvalue weighted by molar-refractivity contribution is 5.98. The second kappa shape index (κ2) is 4.11. The Hall–Kier alpha value is -2.42. The van der Waals surface area contributed by atoms with Crippen molar-refractivity contribution >= 4 is 17.2 Å². The van der Waals surface area contributed by atoms with Crippen molar-refractivity contribution < 1.29 is 9.18 Å². The first-order chi connectivity index (χ1) is 8.78. The van der Waals surface area contributed by atoms with Crippen molar-refractivity contribution in [3.8, 4) is 11.1 Å². The topological polar surface area (TPSA) is 32.9 Å². The van der Waals surface area contributed by atoms with Crippen molar-refractivity contribution in [2.45, 2.75) is 0 Å². The van der Waals surface area contributed by atoms with Crippen LogP contribution in [-0.2, 0) is 0 Å². The van der Waals surface area contributed by atoms with E-state index < -0.39 is 0 Å². The molecule has 0 atom stereocenters. The molecule has 88 valence electrons. The molecule has 0 spiro atoms. The van der Waals surface area contributed by atoms with Crippen molar-refractivity contribution in [3.05, 3.63) is 60.0 Å². The summed E-state index contributed by atoms with van der Waals surface area (Å²) in [6.45, 7) is 0. The van der Waals surface area contributed by atoms with Crippen molar-refractivity contribution in [1.29, 1.82) is 0 Å². The van der Waals surface area contributed by atoms with E-state index in [9.17, 15) is 9.18 Å². The third-order valence-electron chi connectivity index (χ3n) is 3.02. The smallest absolute Gasteiger partial charge is 0.152 e. The average molecular weight is 239 g/mol. The molecule has 2 aromatic carbocycles. The number of aromatic amines is 1. The van der Waals surface area contributed by atoms with E-state index >= 15 is 0 Å². The fourth-order valence-corrected chi connectivity index (χ4v) is 2.07. The number of benzene rings is 2. The van der Waals surface area contributed by atoms with Gasteiger partial charge in [0.15, 0.2) is 6.29 Å². The number of rotatable bonds is 2. The molecule has 0 amide bonds. The Labute approximate surface area is 103 Å². The summed E-state index contributed by atoms with van der Waals surface area (Å²) >= 11 is 0. The molecule has 0 aliphatic rings. The van der Waals surface area contributed by atoms with E-state index in [4.69, 9.17) is 0 Å². The molecule has 1 aromatic heterocycles. The van der Waals surface area contributed by atoms with E-state index in [-0.39, 0.29) is 5.82 Å². The summed E-state index contributed by atoms with van der Waals surface area (Å²) in [5.41, 5.74) is 3.48. The zero-order valence-corrected chi connectivity index (χ0v) is 9.48. The lowest BCUT2D eigenvalue weighted by Crippen LogP contribution is -1.80. The van der Waals surface area contributed by atoms with Crippen LogP contribution in [0.4, 0.5) is 4.39 Å². The van der Waals surface area contributed by atoms with Gasteiger partial charge in [-0.15, -0.1) is 0 Å². The number of carbonyl (C=O) groups excluding carboxylic acids is 1. The van der Waals surface area contributed by atoms with Crippen LogP contribution in [0.2, 0.25) is 0 Å².